The van der Waals surface area contributed by atoms with Crippen molar-refractivity contribution in [3.05, 3.63) is 84.1 Å². The first kappa shape index (κ1) is 17.1. The van der Waals surface area contributed by atoms with Crippen LogP contribution in [-0.4, -0.2) is 15.5 Å². The highest BCUT2D eigenvalue weighted by molar-refractivity contribution is 6.02. The summed E-state index contributed by atoms with van der Waals surface area (Å²) in [4.78, 5) is 16.8. The van der Waals surface area contributed by atoms with Gasteiger partial charge >= 0.3 is 0 Å². The van der Waals surface area contributed by atoms with Crippen molar-refractivity contribution in [3.63, 3.8) is 0 Å². The summed E-state index contributed by atoms with van der Waals surface area (Å²) >= 11 is 0. The topological polar surface area (TPSA) is 60.1 Å². The molecule has 0 spiro atoms. The number of rotatable bonds is 6. The molecule has 136 valence electrons. The van der Waals surface area contributed by atoms with Crippen molar-refractivity contribution in [3.8, 4) is 0 Å². The Morgan fingerprint density at radius 1 is 1.04 bits per heavy atom. The molecule has 2 heterocycles. The van der Waals surface area contributed by atoms with Crippen LogP contribution >= 0.6 is 0 Å². The second-order valence-corrected chi connectivity index (χ2v) is 6.39. The maximum atomic E-state index is 12.0. The smallest absolute Gasteiger partial charge is 0.291 e. The lowest BCUT2D eigenvalue weighted by atomic mass is 10.1. The van der Waals surface area contributed by atoms with Crippen LogP contribution in [0.4, 0.5) is 5.69 Å². The molecular weight excluding hydrogens is 338 g/mol. The van der Waals surface area contributed by atoms with Gasteiger partial charge in [0.1, 0.15) is 5.82 Å². The van der Waals surface area contributed by atoms with Gasteiger partial charge in [0.05, 0.1) is 17.3 Å². The van der Waals surface area contributed by atoms with Gasteiger partial charge in [-0.1, -0.05) is 24.3 Å². The van der Waals surface area contributed by atoms with Crippen LogP contribution in [0.5, 0.6) is 0 Å². The van der Waals surface area contributed by atoms with Crippen molar-refractivity contribution in [2.24, 2.45) is 0 Å². The number of amides is 1. The van der Waals surface area contributed by atoms with Crippen molar-refractivity contribution in [2.75, 3.05) is 5.32 Å². The molecule has 0 radical (unpaired) electrons. The zero-order valence-electron chi connectivity index (χ0n) is 15.2. The number of imidazole rings is 1. The van der Waals surface area contributed by atoms with Crippen LogP contribution in [0.2, 0.25) is 0 Å². The largest absolute Gasteiger partial charge is 0.459 e. The Hall–Kier alpha value is -3.34. The molecule has 0 bridgehead atoms. The number of para-hydroxylation sites is 2. The zero-order valence-corrected chi connectivity index (χ0v) is 15.2. The first-order chi connectivity index (χ1) is 13.2. The lowest BCUT2D eigenvalue weighted by Crippen LogP contribution is -2.10. The molecule has 5 heteroatoms. The number of anilines is 1. The van der Waals surface area contributed by atoms with E-state index < -0.39 is 0 Å². The third-order valence-corrected chi connectivity index (χ3v) is 4.64. The monoisotopic (exact) mass is 359 g/mol. The fourth-order valence-corrected chi connectivity index (χ4v) is 3.28. The Bertz CT molecular complexity index is 1050. The van der Waals surface area contributed by atoms with Crippen LogP contribution in [-0.2, 0) is 19.4 Å². The molecule has 0 saturated heterocycles. The number of carbonyl (C=O) groups is 1. The summed E-state index contributed by atoms with van der Waals surface area (Å²) in [6.07, 6.45) is 3.26. The van der Waals surface area contributed by atoms with E-state index in [9.17, 15) is 4.79 Å². The van der Waals surface area contributed by atoms with Gasteiger partial charge in [-0.2, -0.15) is 0 Å². The number of aryl methyl sites for hydroxylation is 3. The number of nitrogens with one attached hydrogen (secondary N) is 1. The molecule has 4 rings (SSSR count). The first-order valence-corrected chi connectivity index (χ1v) is 9.12. The molecule has 0 aliphatic carbocycles. The molecule has 0 aliphatic rings. The van der Waals surface area contributed by atoms with E-state index in [2.05, 4.69) is 35.0 Å². The quantitative estimate of drug-likeness (QED) is 0.543. The Labute approximate surface area is 157 Å². The third-order valence-electron chi connectivity index (χ3n) is 4.64. The summed E-state index contributed by atoms with van der Waals surface area (Å²) in [7, 11) is 0. The maximum Gasteiger partial charge on any atom is 0.291 e. The normalized spacial score (nSPS) is 11.0. The third kappa shape index (κ3) is 3.62. The van der Waals surface area contributed by atoms with Crippen LogP contribution in [0.15, 0.2) is 71.3 Å². The minimum Gasteiger partial charge on any atom is -0.459 e. The van der Waals surface area contributed by atoms with Crippen molar-refractivity contribution >= 4 is 22.6 Å². The molecular formula is C22H21N3O2. The molecule has 0 aliphatic heterocycles. The van der Waals surface area contributed by atoms with E-state index in [-0.39, 0.29) is 5.91 Å². The Morgan fingerprint density at radius 2 is 1.85 bits per heavy atom. The number of hydrogen-bond acceptors (Lipinski definition) is 3. The molecule has 0 unspecified atom stereocenters. The lowest BCUT2D eigenvalue weighted by molar-refractivity contribution is 0.0996. The summed E-state index contributed by atoms with van der Waals surface area (Å²) in [6, 6.07) is 19.5. The second kappa shape index (κ2) is 7.50. The molecule has 2 aromatic carbocycles. The van der Waals surface area contributed by atoms with Gasteiger partial charge in [-0.25, -0.2) is 4.98 Å². The minimum atomic E-state index is -0.246. The van der Waals surface area contributed by atoms with Crippen LogP contribution in [0, 0.1) is 0 Å². The molecule has 5 nitrogen and oxygen atoms in total. The van der Waals surface area contributed by atoms with Gasteiger partial charge in [0.15, 0.2) is 5.76 Å². The molecule has 27 heavy (non-hydrogen) atoms. The van der Waals surface area contributed by atoms with Gasteiger partial charge in [0.2, 0.25) is 0 Å². The Morgan fingerprint density at radius 3 is 2.59 bits per heavy atom. The molecule has 4 aromatic rings. The van der Waals surface area contributed by atoms with Gasteiger partial charge in [-0.3, -0.25) is 4.79 Å². The molecule has 0 fully saturated rings. The van der Waals surface area contributed by atoms with E-state index in [1.807, 2.05) is 30.3 Å². The zero-order chi connectivity index (χ0) is 18.6. The average Bonchev–Trinajstić information content (AvgIpc) is 3.35. The summed E-state index contributed by atoms with van der Waals surface area (Å²) in [5.74, 6) is 1.16. The minimum absolute atomic E-state index is 0.246. The van der Waals surface area contributed by atoms with Crippen molar-refractivity contribution < 1.29 is 9.21 Å². The summed E-state index contributed by atoms with van der Waals surface area (Å²) in [5.41, 5.74) is 4.19. The first-order valence-electron chi connectivity index (χ1n) is 9.12. The molecule has 2 aromatic heterocycles. The number of benzene rings is 2. The highest BCUT2D eigenvalue weighted by Crippen LogP contribution is 2.18. The van der Waals surface area contributed by atoms with Crippen LogP contribution in [0.3, 0.4) is 0 Å². The van der Waals surface area contributed by atoms with E-state index in [4.69, 9.17) is 9.40 Å². The second-order valence-electron chi connectivity index (χ2n) is 6.39. The summed E-state index contributed by atoms with van der Waals surface area (Å²) in [6.45, 7) is 3.06. The summed E-state index contributed by atoms with van der Waals surface area (Å²) < 4.78 is 7.38. The van der Waals surface area contributed by atoms with Gasteiger partial charge in [-0.05, 0) is 55.3 Å². The van der Waals surface area contributed by atoms with Crippen molar-refractivity contribution in [1.29, 1.82) is 0 Å². The molecule has 1 amide bonds. The SMILES string of the molecule is CCn1c(CCc2ccc(NC(=O)c3ccco3)cc2)nc2ccccc21. The lowest BCUT2D eigenvalue weighted by Gasteiger charge is -2.07. The van der Waals surface area contributed by atoms with Crippen LogP contribution < -0.4 is 5.32 Å². The highest BCUT2D eigenvalue weighted by atomic mass is 16.3. The van der Waals surface area contributed by atoms with Crippen molar-refractivity contribution in [1.82, 2.24) is 9.55 Å². The van der Waals surface area contributed by atoms with Crippen LogP contribution in [0.1, 0.15) is 28.9 Å². The fraction of sp³-hybridized carbons (Fsp3) is 0.182. The van der Waals surface area contributed by atoms with E-state index >= 15 is 0 Å². The van der Waals surface area contributed by atoms with Crippen LogP contribution in [0.25, 0.3) is 11.0 Å². The molecule has 0 atom stereocenters. The fourth-order valence-electron chi connectivity index (χ4n) is 3.28. The van der Waals surface area contributed by atoms with Crippen molar-refractivity contribution in [2.45, 2.75) is 26.3 Å². The number of carbonyl (C=O) groups excluding carboxylic acids is 1. The number of fused-ring (bicyclic) bond motifs is 1. The highest BCUT2D eigenvalue weighted by Gasteiger charge is 2.10. The van der Waals surface area contributed by atoms with E-state index in [0.29, 0.717) is 5.76 Å². The summed E-state index contributed by atoms with van der Waals surface area (Å²) in [5, 5.41) is 2.83. The molecule has 0 saturated carbocycles. The Balaban J connectivity index is 1.43. The van der Waals surface area contributed by atoms with E-state index in [0.717, 1.165) is 36.4 Å². The average molecular weight is 359 g/mol. The van der Waals surface area contributed by atoms with E-state index in [1.165, 1.54) is 17.3 Å². The number of aromatic nitrogens is 2. The van der Waals surface area contributed by atoms with Gasteiger partial charge < -0.3 is 14.3 Å². The predicted molar refractivity (Wildman–Crippen MR) is 106 cm³/mol. The van der Waals surface area contributed by atoms with Gasteiger partial charge in [-0.15, -0.1) is 0 Å². The molecule has 1 N–H and O–H groups in total. The number of hydrogen-bond donors (Lipinski definition) is 1. The maximum absolute atomic E-state index is 12.0. The predicted octanol–water partition coefficient (Wildman–Crippen LogP) is 4.69. The number of nitrogens with zero attached hydrogens (tertiary/aromatic N) is 2. The van der Waals surface area contributed by atoms with Gasteiger partial charge in [0.25, 0.3) is 5.91 Å². The van der Waals surface area contributed by atoms with Gasteiger partial charge in [0, 0.05) is 18.7 Å². The Kier molecular flexibility index (Phi) is 4.75. The van der Waals surface area contributed by atoms with E-state index in [1.54, 1.807) is 12.1 Å². The standard InChI is InChI=1S/C22H21N3O2/c1-2-25-19-7-4-3-6-18(19)24-21(25)14-11-16-9-12-17(13-10-16)23-22(26)20-8-5-15-27-20/h3-10,12-13,15H,2,11,14H2,1H3,(H,23,26). The number of furan rings is 1.